The van der Waals surface area contributed by atoms with Crippen molar-refractivity contribution >= 4 is 27.5 Å². The second kappa shape index (κ2) is 14.4. The van der Waals surface area contributed by atoms with Gasteiger partial charge in [0.05, 0.1) is 11.3 Å². The van der Waals surface area contributed by atoms with Gasteiger partial charge in [0.15, 0.2) is 5.78 Å². The van der Waals surface area contributed by atoms with Crippen LogP contribution in [0.1, 0.15) is 82.8 Å². The molecule has 1 aromatic heterocycles. The molecule has 0 bridgehead atoms. The maximum absolute atomic E-state index is 12.0. The Morgan fingerprint density at radius 1 is 0.829 bits per heavy atom. The number of benzene rings is 3. The first-order valence-electron chi connectivity index (χ1n) is 14.9. The summed E-state index contributed by atoms with van der Waals surface area (Å²) in [5.41, 5.74) is 6.13. The fraction of sp³-hybridized carbons (Fsp3) is 0.405. The van der Waals surface area contributed by atoms with Crippen LogP contribution < -0.4 is 0 Å². The SMILES string of the molecule is C.O=C(C=C(O)C1CCCCC1)C1CCCCC1.[Ir].[c-]1ccc2ccccc2c1-c1cc2c3c(cccc3n1)CC2. The van der Waals surface area contributed by atoms with Gasteiger partial charge < -0.3 is 5.11 Å². The quantitative estimate of drug-likeness (QED) is 0.130. The van der Waals surface area contributed by atoms with Crippen LogP contribution in [0.15, 0.2) is 72.5 Å². The monoisotopic (exact) mass is 725 g/mol. The third-order valence-corrected chi connectivity index (χ3v) is 8.96. The smallest absolute Gasteiger partial charge is 0.162 e. The van der Waals surface area contributed by atoms with Crippen molar-refractivity contribution in [3.05, 3.63) is 89.7 Å². The molecule has 2 fully saturated rings. The third-order valence-electron chi connectivity index (χ3n) is 8.96. The predicted molar refractivity (Wildman–Crippen MR) is 167 cm³/mol. The number of hydrogen-bond acceptors (Lipinski definition) is 3. The van der Waals surface area contributed by atoms with Crippen LogP contribution in [-0.4, -0.2) is 15.9 Å². The molecule has 0 spiro atoms. The maximum Gasteiger partial charge on any atom is 0.162 e. The Morgan fingerprint density at radius 2 is 1.51 bits per heavy atom. The topological polar surface area (TPSA) is 50.2 Å². The maximum atomic E-state index is 12.0. The molecule has 0 atom stereocenters. The molecule has 1 N–H and O–H groups in total. The minimum absolute atomic E-state index is 0. The average Bonchev–Trinajstić information content (AvgIpc) is 3.42. The molecule has 1 heterocycles. The number of nitrogens with zero attached hydrogens (tertiary/aromatic N) is 1. The van der Waals surface area contributed by atoms with E-state index in [9.17, 15) is 9.90 Å². The van der Waals surface area contributed by atoms with E-state index in [1.165, 1.54) is 65.8 Å². The van der Waals surface area contributed by atoms with E-state index in [1.54, 1.807) is 6.08 Å². The standard InChI is InChI=1S/C21H14N.C15H24O2.CH4.Ir/c1-2-8-17-14(5-1)6-3-9-18(17)20-13-16-12-11-15-7-4-10-19(22-20)21(15)16;16-14(12-7-3-1-4-8-12)11-15(17)13-9-5-2-6-10-13;;/h1-8,10,13H,11-12H2;11-13,16H,1-10H2;1H4;/q-1;;;. The molecule has 3 aromatic carbocycles. The van der Waals surface area contributed by atoms with Gasteiger partial charge in [-0.3, -0.25) is 9.78 Å². The van der Waals surface area contributed by atoms with Crippen LogP contribution in [0.5, 0.6) is 0 Å². The van der Waals surface area contributed by atoms with Gasteiger partial charge in [-0.05, 0) is 61.4 Å². The predicted octanol–water partition coefficient (Wildman–Crippen LogP) is 9.75. The molecule has 41 heavy (non-hydrogen) atoms. The molecular weight excluding hydrogens is 683 g/mol. The van der Waals surface area contributed by atoms with E-state index < -0.39 is 0 Å². The zero-order valence-corrected chi connectivity index (χ0v) is 25.5. The first-order valence-corrected chi connectivity index (χ1v) is 14.9. The second-order valence-corrected chi connectivity index (χ2v) is 11.6. The van der Waals surface area contributed by atoms with Crippen molar-refractivity contribution in [3.63, 3.8) is 0 Å². The van der Waals surface area contributed by atoms with Crippen molar-refractivity contribution in [2.75, 3.05) is 0 Å². The number of fused-ring (bicyclic) bond motifs is 1. The number of aliphatic hydroxyl groups excluding tert-OH is 1. The zero-order chi connectivity index (χ0) is 26.6. The number of aryl methyl sites for hydroxylation is 2. The molecule has 3 aliphatic rings. The Kier molecular flexibility index (Phi) is 10.9. The van der Waals surface area contributed by atoms with E-state index in [1.807, 2.05) is 6.07 Å². The number of carbonyl (C=O) groups excluding carboxylic acids is 1. The minimum atomic E-state index is 0. The van der Waals surface area contributed by atoms with E-state index in [0.29, 0.717) is 5.76 Å². The number of aromatic nitrogens is 1. The Hall–Kier alpha value is -2.81. The molecule has 4 aromatic rings. The van der Waals surface area contributed by atoms with E-state index in [4.69, 9.17) is 4.98 Å². The first kappa shape index (κ1) is 31.1. The van der Waals surface area contributed by atoms with Gasteiger partial charge in [0.25, 0.3) is 0 Å². The van der Waals surface area contributed by atoms with Crippen LogP contribution in [0.2, 0.25) is 0 Å². The van der Waals surface area contributed by atoms with Gasteiger partial charge in [-0.1, -0.05) is 93.8 Å². The molecule has 4 heteroatoms. The van der Waals surface area contributed by atoms with E-state index in [0.717, 1.165) is 55.3 Å². The molecule has 217 valence electrons. The van der Waals surface area contributed by atoms with Crippen molar-refractivity contribution in [2.45, 2.75) is 84.5 Å². The normalized spacial score (nSPS) is 17.3. The van der Waals surface area contributed by atoms with E-state index >= 15 is 0 Å². The van der Waals surface area contributed by atoms with Crippen molar-refractivity contribution in [1.82, 2.24) is 4.98 Å². The minimum Gasteiger partial charge on any atom is -0.512 e. The number of pyridine rings is 1. The molecule has 0 amide bonds. The Morgan fingerprint density at radius 3 is 2.27 bits per heavy atom. The van der Waals surface area contributed by atoms with Crippen LogP contribution in [0.4, 0.5) is 0 Å². The molecule has 0 saturated heterocycles. The van der Waals surface area contributed by atoms with Crippen molar-refractivity contribution < 1.29 is 30.0 Å². The largest absolute Gasteiger partial charge is 0.512 e. The van der Waals surface area contributed by atoms with Crippen LogP contribution in [0.25, 0.3) is 32.9 Å². The molecule has 7 rings (SSSR count). The van der Waals surface area contributed by atoms with Gasteiger partial charge in [-0.15, -0.1) is 29.1 Å². The van der Waals surface area contributed by atoms with Gasteiger partial charge in [-0.25, -0.2) is 0 Å². The number of rotatable bonds is 4. The summed E-state index contributed by atoms with van der Waals surface area (Å²) in [7, 11) is 0. The number of aliphatic hydroxyl groups is 1. The van der Waals surface area contributed by atoms with Crippen LogP contribution in [-0.2, 0) is 37.7 Å². The summed E-state index contributed by atoms with van der Waals surface area (Å²) in [5.74, 6) is 0.985. The average molecular weight is 725 g/mol. The number of allylic oxidation sites excluding steroid dienone is 2. The molecule has 3 aliphatic carbocycles. The Bertz CT molecular complexity index is 1510. The van der Waals surface area contributed by atoms with E-state index in [2.05, 4.69) is 60.7 Å². The molecule has 0 aliphatic heterocycles. The summed E-state index contributed by atoms with van der Waals surface area (Å²) in [5, 5.41) is 13.8. The molecule has 1 radical (unpaired) electrons. The Labute approximate surface area is 258 Å². The van der Waals surface area contributed by atoms with Gasteiger partial charge in [-0.2, -0.15) is 0 Å². The summed E-state index contributed by atoms with van der Waals surface area (Å²) in [4.78, 5) is 16.9. The van der Waals surface area contributed by atoms with Gasteiger partial charge in [0, 0.05) is 43.4 Å². The fourth-order valence-corrected chi connectivity index (χ4v) is 6.79. The number of hydrogen-bond donors (Lipinski definition) is 1. The van der Waals surface area contributed by atoms with Crippen LogP contribution in [0, 0.1) is 17.9 Å². The van der Waals surface area contributed by atoms with Crippen LogP contribution in [0.3, 0.4) is 0 Å². The summed E-state index contributed by atoms with van der Waals surface area (Å²) in [6.07, 6.45) is 15.2. The van der Waals surface area contributed by atoms with Crippen LogP contribution >= 0.6 is 0 Å². The van der Waals surface area contributed by atoms with Crippen molar-refractivity contribution in [2.24, 2.45) is 11.8 Å². The fourth-order valence-electron chi connectivity index (χ4n) is 6.79. The van der Waals surface area contributed by atoms with Gasteiger partial charge in [0.1, 0.15) is 0 Å². The molecule has 3 nitrogen and oxygen atoms in total. The third kappa shape index (κ3) is 6.99. The number of ketones is 1. The Balaban J connectivity index is 0.000000186. The second-order valence-electron chi connectivity index (χ2n) is 11.6. The van der Waals surface area contributed by atoms with Gasteiger partial charge in [0.2, 0.25) is 0 Å². The molecule has 2 saturated carbocycles. The van der Waals surface area contributed by atoms with Gasteiger partial charge >= 0.3 is 0 Å². The summed E-state index contributed by atoms with van der Waals surface area (Å²) >= 11 is 0. The number of carbonyl (C=O) groups is 1. The first-order chi connectivity index (χ1) is 19.2. The van der Waals surface area contributed by atoms with E-state index in [-0.39, 0.29) is 45.2 Å². The zero-order valence-electron chi connectivity index (χ0n) is 23.1. The molecular formula is C37H42IrNO2-. The molecule has 0 unspecified atom stereocenters. The summed E-state index contributed by atoms with van der Waals surface area (Å²) < 4.78 is 0. The van der Waals surface area contributed by atoms with Crippen molar-refractivity contribution in [3.8, 4) is 11.3 Å². The summed E-state index contributed by atoms with van der Waals surface area (Å²) in [6, 6.07) is 24.7. The van der Waals surface area contributed by atoms with Crippen molar-refractivity contribution in [1.29, 1.82) is 0 Å². The summed E-state index contributed by atoms with van der Waals surface area (Å²) in [6.45, 7) is 0.